The van der Waals surface area contributed by atoms with E-state index in [2.05, 4.69) is 9.98 Å². The van der Waals surface area contributed by atoms with Crippen molar-refractivity contribution in [3.63, 3.8) is 0 Å². The number of carboxylic acid groups (broad SMARTS) is 2. The van der Waals surface area contributed by atoms with E-state index in [1.54, 1.807) is 29.3 Å². The van der Waals surface area contributed by atoms with Crippen LogP contribution in [0.2, 0.25) is 0 Å². The number of aliphatic imine (C=N–C) groups is 1. The number of aliphatic hydroxyl groups is 1. The van der Waals surface area contributed by atoms with Crippen LogP contribution in [0.25, 0.3) is 0 Å². The summed E-state index contributed by atoms with van der Waals surface area (Å²) in [5.74, 6) is -2.72. The molecule has 0 radical (unpaired) electrons. The molecule has 3 rings (SSSR count). The Bertz CT molecular complexity index is 1230. The van der Waals surface area contributed by atoms with Gasteiger partial charge in [-0.15, -0.1) is 0 Å². The van der Waals surface area contributed by atoms with E-state index in [4.69, 9.17) is 0 Å². The number of hydrogen-bond acceptors (Lipinski definition) is 8. The zero-order chi connectivity index (χ0) is 27.0. The fraction of sp³-hybridized carbons (Fsp3) is 0.417. The summed E-state index contributed by atoms with van der Waals surface area (Å²) in [4.78, 5) is 34.4. The minimum atomic E-state index is -4.60. The van der Waals surface area contributed by atoms with Crippen molar-refractivity contribution in [3.8, 4) is 0 Å². The van der Waals surface area contributed by atoms with Gasteiger partial charge in [-0.2, -0.15) is 8.42 Å². The van der Waals surface area contributed by atoms with Gasteiger partial charge in [0.25, 0.3) is 10.1 Å². The summed E-state index contributed by atoms with van der Waals surface area (Å²) in [5.41, 5.74) is 0.477. The molecule has 1 aliphatic rings. The van der Waals surface area contributed by atoms with E-state index in [1.165, 1.54) is 23.1 Å². The molecule has 12 nitrogen and oxygen atoms in total. The molecule has 0 saturated heterocycles. The summed E-state index contributed by atoms with van der Waals surface area (Å²) in [6.45, 7) is -0.805. The first-order valence-corrected chi connectivity index (χ1v) is 13.1. The molecule has 0 spiro atoms. The predicted molar refractivity (Wildman–Crippen MR) is 134 cm³/mol. The Labute approximate surface area is 231 Å². The second-order valence-corrected chi connectivity index (χ2v) is 10.2. The molecule has 1 heterocycles. The molecule has 1 aliphatic carbocycles. The monoisotopic (exact) mass is 590 g/mol. The number of pyridine rings is 1. The molecule has 1 unspecified atom stereocenters. The van der Waals surface area contributed by atoms with Crippen LogP contribution in [0.5, 0.6) is 0 Å². The Kier molecular flexibility index (Phi) is 11.8. The number of hydrogen-bond donors (Lipinski definition) is 4. The van der Waals surface area contributed by atoms with Crippen LogP contribution in [-0.2, 0) is 43.3 Å². The SMILES string of the molecule is O=C(O)CN(CC(O)=Nc1ccccc1S(=O)(=O)O)C1CCCC[C@@H]1N(CC(=O)O)Cc1ccccn1.[Fe+2]. The smallest absolute Gasteiger partial charge is 0.495 e. The number of carbonyl (C=O) groups is 2. The average molecular weight is 590 g/mol. The van der Waals surface area contributed by atoms with E-state index in [1.807, 2.05) is 0 Å². The number of rotatable bonds is 12. The summed E-state index contributed by atoms with van der Waals surface area (Å²) in [6, 6.07) is 9.87. The van der Waals surface area contributed by atoms with Gasteiger partial charge in [0.1, 0.15) is 4.90 Å². The third-order valence-corrected chi connectivity index (χ3v) is 7.04. The van der Waals surface area contributed by atoms with Crippen molar-refractivity contribution in [2.75, 3.05) is 19.6 Å². The predicted octanol–water partition coefficient (Wildman–Crippen LogP) is 2.20. The number of aliphatic carboxylic acids is 2. The molecule has 0 bridgehead atoms. The van der Waals surface area contributed by atoms with Gasteiger partial charge in [-0.1, -0.05) is 31.0 Å². The first-order chi connectivity index (χ1) is 17.5. The Hall–Kier alpha value is -2.87. The van der Waals surface area contributed by atoms with Crippen LogP contribution in [0.15, 0.2) is 58.5 Å². The van der Waals surface area contributed by atoms with Crippen LogP contribution in [0.3, 0.4) is 0 Å². The number of benzene rings is 1. The number of aromatic nitrogens is 1. The largest absolute Gasteiger partial charge is 2.00 e. The molecular formula is C24H30FeN4O8S+2. The Morgan fingerprint density at radius 1 is 0.895 bits per heavy atom. The molecule has 14 heteroatoms. The Morgan fingerprint density at radius 2 is 1.47 bits per heavy atom. The molecule has 206 valence electrons. The molecule has 1 aromatic carbocycles. The fourth-order valence-corrected chi connectivity index (χ4v) is 5.32. The molecule has 4 N–H and O–H groups in total. The molecule has 0 aliphatic heterocycles. The van der Waals surface area contributed by atoms with Crippen LogP contribution < -0.4 is 0 Å². The first kappa shape index (κ1) is 31.3. The minimum absolute atomic E-state index is 0. The first-order valence-electron chi connectivity index (χ1n) is 11.7. The van der Waals surface area contributed by atoms with Gasteiger partial charge in [-0.05, 0) is 37.1 Å². The number of para-hydroxylation sites is 1. The van der Waals surface area contributed by atoms with Crippen molar-refractivity contribution in [2.45, 2.75) is 49.2 Å². The number of aliphatic hydroxyl groups excluding tert-OH is 1. The van der Waals surface area contributed by atoms with Gasteiger partial charge in [0.2, 0.25) is 5.90 Å². The molecule has 0 amide bonds. The van der Waals surface area contributed by atoms with Crippen LogP contribution in [-0.4, -0.2) is 92.6 Å². The maximum atomic E-state index is 11.7. The summed E-state index contributed by atoms with van der Waals surface area (Å²) in [5, 5.41) is 29.8. The van der Waals surface area contributed by atoms with E-state index < -0.39 is 45.4 Å². The van der Waals surface area contributed by atoms with Gasteiger partial charge < -0.3 is 15.3 Å². The van der Waals surface area contributed by atoms with Crippen molar-refractivity contribution in [3.05, 3.63) is 54.4 Å². The zero-order valence-electron chi connectivity index (χ0n) is 20.4. The third-order valence-electron chi connectivity index (χ3n) is 6.14. The van der Waals surface area contributed by atoms with Crippen molar-refractivity contribution in [1.82, 2.24) is 14.8 Å². The van der Waals surface area contributed by atoms with E-state index in [9.17, 15) is 37.9 Å². The van der Waals surface area contributed by atoms with Crippen molar-refractivity contribution >= 4 is 33.6 Å². The van der Waals surface area contributed by atoms with Gasteiger partial charge >= 0.3 is 29.0 Å². The van der Waals surface area contributed by atoms with Gasteiger partial charge in [0.15, 0.2) is 0 Å². The molecule has 2 atom stereocenters. The minimum Gasteiger partial charge on any atom is -0.495 e. The molecule has 1 aromatic heterocycles. The quantitative estimate of drug-likeness (QED) is 0.123. The van der Waals surface area contributed by atoms with Crippen molar-refractivity contribution in [1.29, 1.82) is 0 Å². The maximum Gasteiger partial charge on any atom is 2.00 e. The van der Waals surface area contributed by atoms with Crippen molar-refractivity contribution in [2.24, 2.45) is 4.99 Å². The van der Waals surface area contributed by atoms with Crippen LogP contribution in [0.1, 0.15) is 31.4 Å². The van der Waals surface area contributed by atoms with Gasteiger partial charge in [0.05, 0.1) is 31.0 Å². The van der Waals surface area contributed by atoms with Gasteiger partial charge in [-0.3, -0.25) is 28.9 Å². The standard InChI is InChI=1S/C24H30N4O8S.Fe/c29-22(26-18-8-1-4-11-21(18)37(34,35)36)14-28(16-24(32)33)20-10-3-2-9-19(20)27(15-23(30)31)13-17-7-5-6-12-25-17;/h1,4-8,11-12,19-20H,2-3,9-10,13-16H2,(H,26,29)(H,30,31)(H,32,33)(H,34,35,36);/q;+2/t19-,20?;/m0./s1. The normalized spacial score (nSPS) is 18.2. The third kappa shape index (κ3) is 9.15. The zero-order valence-corrected chi connectivity index (χ0v) is 22.3. The molecule has 1 saturated carbocycles. The molecule has 2 aromatic rings. The van der Waals surface area contributed by atoms with Gasteiger partial charge in [0, 0.05) is 24.8 Å². The fourth-order valence-electron chi connectivity index (χ4n) is 4.70. The second kappa shape index (κ2) is 14.3. The molecular weight excluding hydrogens is 560 g/mol. The van der Waals surface area contributed by atoms with Crippen molar-refractivity contribution < 1.29 is 54.9 Å². The average Bonchev–Trinajstić information content (AvgIpc) is 2.83. The Balaban J connectivity index is 0.00000507. The Morgan fingerprint density at radius 3 is 2.05 bits per heavy atom. The van der Waals surface area contributed by atoms with Gasteiger partial charge in [-0.25, -0.2) is 4.99 Å². The van der Waals surface area contributed by atoms with Crippen LogP contribution in [0, 0.1) is 0 Å². The van der Waals surface area contributed by atoms with E-state index >= 15 is 0 Å². The van der Waals surface area contributed by atoms with E-state index in [0.717, 1.165) is 18.9 Å². The van der Waals surface area contributed by atoms with Crippen LogP contribution >= 0.6 is 0 Å². The topological polar surface area (TPSA) is 181 Å². The molecule has 38 heavy (non-hydrogen) atoms. The summed E-state index contributed by atoms with van der Waals surface area (Å²) in [6.07, 6.45) is 4.39. The summed E-state index contributed by atoms with van der Waals surface area (Å²) >= 11 is 0. The number of carboxylic acids is 2. The maximum absolute atomic E-state index is 11.7. The van der Waals surface area contributed by atoms with E-state index in [0.29, 0.717) is 18.5 Å². The summed E-state index contributed by atoms with van der Waals surface area (Å²) in [7, 11) is -4.60. The second-order valence-electron chi connectivity index (χ2n) is 8.81. The van der Waals surface area contributed by atoms with Crippen LogP contribution in [0.4, 0.5) is 5.69 Å². The molecule has 1 fully saturated rings. The van der Waals surface area contributed by atoms with E-state index in [-0.39, 0.29) is 48.4 Å². The number of nitrogens with zero attached hydrogens (tertiary/aromatic N) is 4. The summed E-state index contributed by atoms with van der Waals surface area (Å²) < 4.78 is 32.8.